The Hall–Kier alpha value is -1.92. The Kier molecular flexibility index (Phi) is 6.12. The summed E-state index contributed by atoms with van der Waals surface area (Å²) in [5.41, 5.74) is 1.78. The number of carbonyl (C=O) groups excluding carboxylic acids is 1. The fourth-order valence-corrected chi connectivity index (χ4v) is 2.51. The number of nitrogens with zero attached hydrogens (tertiary/aromatic N) is 1. The van der Waals surface area contributed by atoms with Crippen LogP contribution in [0.2, 0.25) is 0 Å². The van der Waals surface area contributed by atoms with Gasteiger partial charge >= 0.3 is 0 Å². The van der Waals surface area contributed by atoms with Crippen molar-refractivity contribution in [2.24, 2.45) is 0 Å². The Bertz CT molecular complexity index is 692. The number of halogens is 2. The smallest absolute Gasteiger partial charge is 0.262 e. The largest absolute Gasteiger partial charge is 0.483 e. The number of para-hydroxylation sites is 1. The number of benzene rings is 2. The SMILES string of the molecule is CN(C)Cc1ccccc1NC(=O)COc1ccc(F)cc1Br. The Balaban J connectivity index is 1.97. The molecule has 0 bridgehead atoms. The summed E-state index contributed by atoms with van der Waals surface area (Å²) in [7, 11) is 3.93. The topological polar surface area (TPSA) is 41.6 Å². The Labute approximate surface area is 143 Å². The zero-order chi connectivity index (χ0) is 16.8. The second-order valence-electron chi connectivity index (χ2n) is 5.31. The minimum atomic E-state index is -0.369. The van der Waals surface area contributed by atoms with Crippen LogP contribution in [-0.4, -0.2) is 31.5 Å². The van der Waals surface area contributed by atoms with Crippen molar-refractivity contribution >= 4 is 27.5 Å². The zero-order valence-corrected chi connectivity index (χ0v) is 14.6. The molecule has 0 unspecified atom stereocenters. The van der Waals surface area contributed by atoms with Gasteiger partial charge in [0.1, 0.15) is 11.6 Å². The van der Waals surface area contributed by atoms with Gasteiger partial charge in [0.2, 0.25) is 0 Å². The first-order valence-corrected chi connectivity index (χ1v) is 7.85. The van der Waals surface area contributed by atoms with Crippen LogP contribution in [0.15, 0.2) is 46.9 Å². The lowest BCUT2D eigenvalue weighted by Crippen LogP contribution is -2.22. The molecule has 0 saturated carbocycles. The van der Waals surface area contributed by atoms with Crippen molar-refractivity contribution < 1.29 is 13.9 Å². The van der Waals surface area contributed by atoms with E-state index < -0.39 is 0 Å². The molecule has 23 heavy (non-hydrogen) atoms. The number of carbonyl (C=O) groups is 1. The van der Waals surface area contributed by atoms with Gasteiger partial charge in [0.25, 0.3) is 5.91 Å². The summed E-state index contributed by atoms with van der Waals surface area (Å²) in [6.07, 6.45) is 0. The van der Waals surface area contributed by atoms with Crippen LogP contribution in [0.1, 0.15) is 5.56 Å². The van der Waals surface area contributed by atoms with Crippen molar-refractivity contribution in [3.05, 3.63) is 58.3 Å². The molecule has 0 saturated heterocycles. The molecular formula is C17H18BrFN2O2. The molecule has 0 fully saturated rings. The minimum Gasteiger partial charge on any atom is -0.483 e. The van der Waals surface area contributed by atoms with E-state index in [2.05, 4.69) is 21.2 Å². The lowest BCUT2D eigenvalue weighted by atomic mass is 10.1. The molecule has 1 amide bonds. The van der Waals surface area contributed by atoms with Gasteiger partial charge < -0.3 is 15.0 Å². The molecule has 0 spiro atoms. The summed E-state index contributed by atoms with van der Waals surface area (Å²) >= 11 is 3.20. The normalized spacial score (nSPS) is 10.7. The number of rotatable bonds is 6. The number of hydrogen-bond donors (Lipinski definition) is 1. The highest BCUT2D eigenvalue weighted by atomic mass is 79.9. The Morgan fingerprint density at radius 3 is 2.70 bits per heavy atom. The lowest BCUT2D eigenvalue weighted by Gasteiger charge is -2.15. The van der Waals surface area contributed by atoms with Crippen LogP contribution in [0.4, 0.5) is 10.1 Å². The van der Waals surface area contributed by atoms with Crippen LogP contribution in [0, 0.1) is 5.82 Å². The van der Waals surface area contributed by atoms with Crippen molar-refractivity contribution in [1.29, 1.82) is 0 Å². The van der Waals surface area contributed by atoms with E-state index in [1.54, 1.807) is 0 Å². The fraction of sp³-hybridized carbons (Fsp3) is 0.235. The molecule has 2 aromatic rings. The summed E-state index contributed by atoms with van der Waals surface area (Å²) in [5.74, 6) is -0.221. The molecule has 1 N–H and O–H groups in total. The molecule has 0 atom stereocenters. The molecule has 0 aliphatic rings. The quantitative estimate of drug-likeness (QED) is 0.831. The van der Waals surface area contributed by atoms with Crippen molar-refractivity contribution in [2.75, 3.05) is 26.0 Å². The van der Waals surface area contributed by atoms with Crippen molar-refractivity contribution in [1.82, 2.24) is 4.90 Å². The highest BCUT2D eigenvalue weighted by Gasteiger charge is 2.09. The van der Waals surface area contributed by atoms with Crippen LogP contribution < -0.4 is 10.1 Å². The van der Waals surface area contributed by atoms with Crippen LogP contribution in [0.5, 0.6) is 5.75 Å². The summed E-state index contributed by atoms with van der Waals surface area (Å²) < 4.78 is 18.9. The van der Waals surface area contributed by atoms with Gasteiger partial charge in [-0.1, -0.05) is 18.2 Å². The first-order valence-electron chi connectivity index (χ1n) is 7.06. The van der Waals surface area contributed by atoms with Gasteiger partial charge in [0, 0.05) is 12.2 Å². The van der Waals surface area contributed by atoms with Gasteiger partial charge in [-0.3, -0.25) is 4.79 Å². The molecule has 6 heteroatoms. The molecule has 2 aromatic carbocycles. The number of hydrogen-bond acceptors (Lipinski definition) is 3. The van der Waals surface area contributed by atoms with Gasteiger partial charge in [-0.15, -0.1) is 0 Å². The van der Waals surface area contributed by atoms with Gasteiger partial charge in [0.15, 0.2) is 6.61 Å². The van der Waals surface area contributed by atoms with Crippen LogP contribution in [-0.2, 0) is 11.3 Å². The highest BCUT2D eigenvalue weighted by Crippen LogP contribution is 2.25. The molecule has 2 rings (SSSR count). The number of amides is 1. The Morgan fingerprint density at radius 1 is 1.26 bits per heavy atom. The van der Waals surface area contributed by atoms with Gasteiger partial charge in [0.05, 0.1) is 4.47 Å². The predicted octanol–water partition coefficient (Wildman–Crippen LogP) is 3.67. The second kappa shape index (κ2) is 8.08. The summed E-state index contributed by atoms with van der Waals surface area (Å²) in [5, 5.41) is 2.84. The van der Waals surface area contributed by atoms with E-state index in [0.717, 1.165) is 17.8 Å². The lowest BCUT2D eigenvalue weighted by molar-refractivity contribution is -0.118. The minimum absolute atomic E-state index is 0.152. The van der Waals surface area contributed by atoms with E-state index in [9.17, 15) is 9.18 Å². The average molecular weight is 381 g/mol. The van der Waals surface area contributed by atoms with Gasteiger partial charge in [-0.25, -0.2) is 4.39 Å². The highest BCUT2D eigenvalue weighted by molar-refractivity contribution is 9.10. The van der Waals surface area contributed by atoms with Crippen molar-refractivity contribution in [3.8, 4) is 5.75 Å². The van der Waals surface area contributed by atoms with Crippen molar-refractivity contribution in [2.45, 2.75) is 6.54 Å². The fourth-order valence-electron chi connectivity index (χ4n) is 2.04. The number of nitrogens with one attached hydrogen (secondary N) is 1. The first-order chi connectivity index (χ1) is 11.0. The van der Waals surface area contributed by atoms with Crippen LogP contribution >= 0.6 is 15.9 Å². The van der Waals surface area contributed by atoms with E-state index in [1.807, 2.05) is 43.3 Å². The molecule has 0 heterocycles. The van der Waals surface area contributed by atoms with E-state index in [1.165, 1.54) is 18.2 Å². The molecule has 4 nitrogen and oxygen atoms in total. The molecule has 0 radical (unpaired) electrons. The Morgan fingerprint density at radius 2 is 2.00 bits per heavy atom. The van der Waals surface area contributed by atoms with E-state index >= 15 is 0 Å². The maximum absolute atomic E-state index is 13.0. The first kappa shape index (κ1) is 17.4. The zero-order valence-electron chi connectivity index (χ0n) is 13.0. The van der Waals surface area contributed by atoms with Gasteiger partial charge in [-0.2, -0.15) is 0 Å². The number of anilines is 1. The predicted molar refractivity (Wildman–Crippen MR) is 92.1 cm³/mol. The number of ether oxygens (including phenoxy) is 1. The third kappa shape index (κ3) is 5.33. The second-order valence-corrected chi connectivity index (χ2v) is 6.16. The monoisotopic (exact) mass is 380 g/mol. The molecule has 0 aliphatic heterocycles. The van der Waals surface area contributed by atoms with E-state index in [0.29, 0.717) is 10.2 Å². The van der Waals surface area contributed by atoms with Crippen LogP contribution in [0.25, 0.3) is 0 Å². The summed E-state index contributed by atoms with van der Waals surface area (Å²) in [6, 6.07) is 11.7. The average Bonchev–Trinajstić information content (AvgIpc) is 2.48. The maximum Gasteiger partial charge on any atom is 0.262 e. The molecule has 0 aliphatic carbocycles. The molecule has 0 aromatic heterocycles. The summed E-state index contributed by atoms with van der Waals surface area (Å²) in [4.78, 5) is 14.1. The van der Waals surface area contributed by atoms with Crippen LogP contribution in [0.3, 0.4) is 0 Å². The molecular weight excluding hydrogens is 363 g/mol. The van der Waals surface area contributed by atoms with E-state index in [-0.39, 0.29) is 18.3 Å². The van der Waals surface area contributed by atoms with Crippen molar-refractivity contribution in [3.63, 3.8) is 0 Å². The standard InChI is InChI=1S/C17H18BrFN2O2/c1-21(2)10-12-5-3-4-6-15(12)20-17(22)11-23-16-8-7-13(19)9-14(16)18/h3-9H,10-11H2,1-2H3,(H,20,22). The summed E-state index contributed by atoms with van der Waals surface area (Å²) in [6.45, 7) is 0.571. The maximum atomic E-state index is 13.0. The van der Waals surface area contributed by atoms with Gasteiger partial charge in [-0.05, 0) is 59.9 Å². The third-order valence-corrected chi connectivity index (χ3v) is 3.65. The molecule has 122 valence electrons. The third-order valence-electron chi connectivity index (χ3n) is 3.03. The van der Waals surface area contributed by atoms with E-state index in [4.69, 9.17) is 4.74 Å².